The van der Waals surface area contributed by atoms with Gasteiger partial charge in [0.15, 0.2) is 0 Å². The van der Waals surface area contributed by atoms with Crippen molar-refractivity contribution in [1.82, 2.24) is 5.32 Å². The molecule has 3 N–H and O–H groups in total. The largest absolute Gasteiger partial charge is 0.376 e. The minimum Gasteiger partial charge on any atom is -0.376 e. The third kappa shape index (κ3) is 5.41. The van der Waals surface area contributed by atoms with Gasteiger partial charge in [0.05, 0.1) is 12.7 Å². The summed E-state index contributed by atoms with van der Waals surface area (Å²) in [6.07, 6.45) is 4.87. The van der Waals surface area contributed by atoms with Gasteiger partial charge < -0.3 is 15.8 Å². The van der Waals surface area contributed by atoms with Crippen molar-refractivity contribution in [3.05, 3.63) is 0 Å². The van der Waals surface area contributed by atoms with Crippen molar-refractivity contribution in [1.29, 1.82) is 0 Å². The molecule has 1 aliphatic carbocycles. The number of ether oxygens (including phenoxy) is 1. The summed E-state index contributed by atoms with van der Waals surface area (Å²) in [5.74, 6) is 1.63. The molecule has 0 spiro atoms. The zero-order chi connectivity index (χ0) is 15.1. The number of carbonyl (C=O) groups excluding carboxylic acids is 1. The minimum absolute atomic E-state index is 0.268. The molecule has 1 rings (SSSR count). The van der Waals surface area contributed by atoms with Crippen LogP contribution in [-0.4, -0.2) is 31.2 Å². The van der Waals surface area contributed by atoms with E-state index in [2.05, 4.69) is 33.0 Å². The highest BCUT2D eigenvalue weighted by atomic mass is 16.5. The number of carbonyl (C=O) groups is 1. The number of hydrogen-bond donors (Lipinski definition) is 2. The van der Waals surface area contributed by atoms with Crippen molar-refractivity contribution >= 4 is 5.91 Å². The Hall–Kier alpha value is -0.610. The first kappa shape index (κ1) is 17.4. The molecule has 4 atom stereocenters. The van der Waals surface area contributed by atoms with E-state index in [9.17, 15) is 4.79 Å². The van der Waals surface area contributed by atoms with Crippen LogP contribution in [0.5, 0.6) is 0 Å². The average molecular weight is 284 g/mol. The SMILES string of the molecule is CCCNC(COC1CC(C)CCC1C(C)C)C(N)=O. The lowest BCUT2D eigenvalue weighted by molar-refractivity contribution is -0.123. The summed E-state index contributed by atoms with van der Waals surface area (Å²) >= 11 is 0. The zero-order valence-electron chi connectivity index (χ0n) is 13.5. The highest BCUT2D eigenvalue weighted by Crippen LogP contribution is 2.35. The Kier molecular flexibility index (Phi) is 7.52. The van der Waals surface area contributed by atoms with Gasteiger partial charge in [0.25, 0.3) is 0 Å². The van der Waals surface area contributed by atoms with E-state index in [4.69, 9.17) is 10.5 Å². The van der Waals surface area contributed by atoms with Gasteiger partial charge >= 0.3 is 0 Å². The molecule has 1 amide bonds. The maximum atomic E-state index is 11.4. The van der Waals surface area contributed by atoms with Crippen LogP contribution in [0, 0.1) is 17.8 Å². The van der Waals surface area contributed by atoms with Crippen molar-refractivity contribution in [2.24, 2.45) is 23.5 Å². The van der Waals surface area contributed by atoms with Gasteiger partial charge in [-0.15, -0.1) is 0 Å². The van der Waals surface area contributed by atoms with Crippen molar-refractivity contribution in [3.63, 3.8) is 0 Å². The van der Waals surface area contributed by atoms with Gasteiger partial charge in [0, 0.05) is 0 Å². The molecule has 1 saturated carbocycles. The molecule has 4 heteroatoms. The van der Waals surface area contributed by atoms with Crippen LogP contribution in [0.4, 0.5) is 0 Å². The van der Waals surface area contributed by atoms with E-state index >= 15 is 0 Å². The van der Waals surface area contributed by atoms with Crippen LogP contribution in [0.1, 0.15) is 53.4 Å². The van der Waals surface area contributed by atoms with Crippen LogP contribution >= 0.6 is 0 Å². The first-order valence-electron chi connectivity index (χ1n) is 8.10. The average Bonchev–Trinajstić information content (AvgIpc) is 2.38. The summed E-state index contributed by atoms with van der Waals surface area (Å²) in [4.78, 5) is 11.4. The van der Waals surface area contributed by atoms with Crippen molar-refractivity contribution in [3.8, 4) is 0 Å². The molecule has 0 bridgehead atoms. The van der Waals surface area contributed by atoms with Crippen LogP contribution in [0.15, 0.2) is 0 Å². The Balaban J connectivity index is 2.52. The fourth-order valence-corrected chi connectivity index (χ4v) is 3.09. The Labute approximate surface area is 123 Å². The Morgan fingerprint density at radius 1 is 1.40 bits per heavy atom. The lowest BCUT2D eigenvalue weighted by Gasteiger charge is -2.37. The van der Waals surface area contributed by atoms with E-state index in [-0.39, 0.29) is 18.1 Å². The summed E-state index contributed by atoms with van der Waals surface area (Å²) < 4.78 is 6.08. The second-order valence-electron chi connectivity index (χ2n) is 6.61. The molecular formula is C16H32N2O2. The van der Waals surface area contributed by atoms with Crippen LogP contribution in [0.3, 0.4) is 0 Å². The molecule has 20 heavy (non-hydrogen) atoms. The molecule has 1 fully saturated rings. The van der Waals surface area contributed by atoms with E-state index in [1.54, 1.807) is 0 Å². The minimum atomic E-state index is -0.361. The lowest BCUT2D eigenvalue weighted by atomic mass is 9.75. The maximum absolute atomic E-state index is 11.4. The molecule has 4 nitrogen and oxygen atoms in total. The number of nitrogens with two attached hydrogens (primary N) is 1. The fourth-order valence-electron chi connectivity index (χ4n) is 3.09. The molecular weight excluding hydrogens is 252 g/mol. The molecule has 118 valence electrons. The lowest BCUT2D eigenvalue weighted by Crippen LogP contribution is -2.47. The molecule has 0 radical (unpaired) electrons. The van der Waals surface area contributed by atoms with Gasteiger partial charge in [0.2, 0.25) is 5.91 Å². The van der Waals surface area contributed by atoms with Gasteiger partial charge in [-0.1, -0.05) is 34.1 Å². The smallest absolute Gasteiger partial charge is 0.236 e. The molecule has 0 aliphatic heterocycles. The van der Waals surface area contributed by atoms with Crippen LogP contribution in [0.2, 0.25) is 0 Å². The molecule has 0 aromatic carbocycles. The second kappa shape index (κ2) is 8.63. The second-order valence-corrected chi connectivity index (χ2v) is 6.61. The number of amides is 1. The number of primary amides is 1. The Morgan fingerprint density at radius 3 is 2.65 bits per heavy atom. The van der Waals surface area contributed by atoms with E-state index in [0.717, 1.165) is 19.4 Å². The zero-order valence-corrected chi connectivity index (χ0v) is 13.5. The van der Waals surface area contributed by atoms with Crippen molar-refractivity contribution in [2.45, 2.75) is 65.5 Å². The van der Waals surface area contributed by atoms with Crippen LogP contribution < -0.4 is 11.1 Å². The van der Waals surface area contributed by atoms with Gasteiger partial charge in [-0.2, -0.15) is 0 Å². The third-order valence-corrected chi connectivity index (χ3v) is 4.42. The summed E-state index contributed by atoms with van der Waals surface area (Å²) in [6, 6.07) is -0.361. The number of rotatable bonds is 8. The van der Waals surface area contributed by atoms with Gasteiger partial charge in [0.1, 0.15) is 6.04 Å². The monoisotopic (exact) mass is 284 g/mol. The topological polar surface area (TPSA) is 64.3 Å². The van der Waals surface area contributed by atoms with Crippen LogP contribution in [-0.2, 0) is 9.53 Å². The highest BCUT2D eigenvalue weighted by molar-refractivity contribution is 5.79. The van der Waals surface area contributed by atoms with Crippen molar-refractivity contribution in [2.75, 3.05) is 13.2 Å². The predicted octanol–water partition coefficient (Wildman–Crippen LogP) is 2.32. The van der Waals surface area contributed by atoms with E-state index in [0.29, 0.717) is 24.4 Å². The summed E-state index contributed by atoms with van der Waals surface area (Å²) in [5, 5.41) is 3.16. The molecule has 1 aliphatic rings. The van der Waals surface area contributed by atoms with Crippen molar-refractivity contribution < 1.29 is 9.53 Å². The third-order valence-electron chi connectivity index (χ3n) is 4.42. The molecule has 0 aromatic heterocycles. The molecule has 0 aromatic rings. The molecule has 4 unspecified atom stereocenters. The first-order chi connectivity index (χ1) is 9.45. The summed E-state index contributed by atoms with van der Waals surface area (Å²) in [7, 11) is 0. The fraction of sp³-hybridized carbons (Fsp3) is 0.938. The Bertz CT molecular complexity index is 294. The Morgan fingerprint density at radius 2 is 2.10 bits per heavy atom. The summed E-state index contributed by atoms with van der Waals surface area (Å²) in [6.45, 7) is 10.1. The van der Waals surface area contributed by atoms with Crippen LogP contribution in [0.25, 0.3) is 0 Å². The van der Waals surface area contributed by atoms with Gasteiger partial charge in [-0.3, -0.25) is 4.79 Å². The number of nitrogens with one attached hydrogen (secondary N) is 1. The molecule has 0 saturated heterocycles. The number of hydrogen-bond acceptors (Lipinski definition) is 3. The van der Waals surface area contributed by atoms with E-state index in [1.807, 2.05) is 0 Å². The predicted molar refractivity (Wildman–Crippen MR) is 82.4 cm³/mol. The summed E-state index contributed by atoms with van der Waals surface area (Å²) in [5.41, 5.74) is 5.43. The quantitative estimate of drug-likeness (QED) is 0.719. The van der Waals surface area contributed by atoms with E-state index < -0.39 is 0 Å². The normalized spacial score (nSPS) is 28.6. The first-order valence-corrected chi connectivity index (χ1v) is 8.10. The highest BCUT2D eigenvalue weighted by Gasteiger charge is 2.32. The maximum Gasteiger partial charge on any atom is 0.236 e. The van der Waals surface area contributed by atoms with Gasteiger partial charge in [-0.25, -0.2) is 0 Å². The molecule has 0 heterocycles. The van der Waals surface area contributed by atoms with Gasteiger partial charge in [-0.05, 0) is 43.6 Å². The standard InChI is InChI=1S/C16H32N2O2/c1-5-8-18-14(16(17)19)10-20-15-9-12(4)6-7-13(15)11(2)3/h11-15,18H,5-10H2,1-4H3,(H2,17,19). The van der Waals surface area contributed by atoms with E-state index in [1.165, 1.54) is 12.8 Å².